The van der Waals surface area contributed by atoms with E-state index in [0.29, 0.717) is 0 Å². The summed E-state index contributed by atoms with van der Waals surface area (Å²) in [6.45, 7) is 12.1. The maximum atomic E-state index is 12.2. The van der Waals surface area contributed by atoms with E-state index in [2.05, 4.69) is 13.2 Å². The maximum Gasteiger partial charge on any atom is 0.342 e. The van der Waals surface area contributed by atoms with Gasteiger partial charge in [-0.2, -0.15) is 0 Å². The third-order valence-corrected chi connectivity index (χ3v) is 3.25. The van der Waals surface area contributed by atoms with E-state index < -0.39 is 25.3 Å². The maximum absolute atomic E-state index is 12.2. The van der Waals surface area contributed by atoms with E-state index in [0.717, 1.165) is 0 Å². The average molecular weight is 276 g/mol. The van der Waals surface area contributed by atoms with Crippen LogP contribution in [-0.4, -0.2) is 30.9 Å². The standard InChI is InChI=1S/C12H21O5P/c1-6-8-15-18(14,16-9-7-2)10-11(13)17-12(3,4)5/h6-7H,1-2,8-10H2,3-5H3. The van der Waals surface area contributed by atoms with Gasteiger partial charge in [0.15, 0.2) is 0 Å². The second kappa shape index (κ2) is 7.52. The zero-order valence-electron chi connectivity index (χ0n) is 11.2. The number of carbonyl (C=O) groups is 1. The van der Waals surface area contributed by atoms with Gasteiger partial charge in [-0.15, -0.1) is 13.2 Å². The van der Waals surface area contributed by atoms with Crippen LogP contribution in [0.2, 0.25) is 0 Å². The average Bonchev–Trinajstić information content (AvgIpc) is 2.21. The van der Waals surface area contributed by atoms with E-state index in [1.165, 1.54) is 12.2 Å². The largest absolute Gasteiger partial charge is 0.459 e. The quantitative estimate of drug-likeness (QED) is 0.387. The van der Waals surface area contributed by atoms with Crippen LogP contribution in [-0.2, 0) is 23.1 Å². The first kappa shape index (κ1) is 17.1. The highest BCUT2D eigenvalue weighted by atomic mass is 31.2. The molecule has 18 heavy (non-hydrogen) atoms. The number of ether oxygens (including phenoxy) is 1. The monoisotopic (exact) mass is 276 g/mol. The molecule has 5 nitrogen and oxygen atoms in total. The smallest absolute Gasteiger partial charge is 0.342 e. The highest BCUT2D eigenvalue weighted by Gasteiger charge is 2.30. The van der Waals surface area contributed by atoms with Crippen molar-refractivity contribution in [3.8, 4) is 0 Å². The fourth-order valence-corrected chi connectivity index (χ4v) is 2.30. The lowest BCUT2D eigenvalue weighted by Crippen LogP contribution is -2.26. The molecule has 0 aromatic heterocycles. The number of esters is 1. The van der Waals surface area contributed by atoms with E-state index >= 15 is 0 Å². The van der Waals surface area contributed by atoms with Crippen LogP contribution in [0.1, 0.15) is 20.8 Å². The lowest BCUT2D eigenvalue weighted by Gasteiger charge is -2.22. The molecule has 0 atom stereocenters. The Morgan fingerprint density at radius 1 is 1.17 bits per heavy atom. The van der Waals surface area contributed by atoms with E-state index in [4.69, 9.17) is 13.8 Å². The molecule has 0 radical (unpaired) electrons. The first-order valence-electron chi connectivity index (χ1n) is 5.54. The Kier molecular flexibility index (Phi) is 7.14. The highest BCUT2D eigenvalue weighted by molar-refractivity contribution is 7.54. The third-order valence-electron chi connectivity index (χ3n) is 1.52. The molecule has 0 unspecified atom stereocenters. The van der Waals surface area contributed by atoms with Crippen LogP contribution >= 0.6 is 7.60 Å². The van der Waals surface area contributed by atoms with Gasteiger partial charge in [-0.05, 0) is 20.8 Å². The molecule has 0 spiro atoms. The molecule has 0 heterocycles. The van der Waals surface area contributed by atoms with Gasteiger partial charge < -0.3 is 13.8 Å². The summed E-state index contributed by atoms with van der Waals surface area (Å²) in [5, 5.41) is 0. The van der Waals surface area contributed by atoms with Crippen LogP contribution in [0.15, 0.2) is 25.3 Å². The molecule has 0 bridgehead atoms. The molecule has 0 aliphatic rings. The molecule has 0 aliphatic heterocycles. The number of hydrogen-bond donors (Lipinski definition) is 0. The van der Waals surface area contributed by atoms with Crippen LogP contribution in [0.4, 0.5) is 0 Å². The number of hydrogen-bond acceptors (Lipinski definition) is 5. The second-order valence-electron chi connectivity index (χ2n) is 4.52. The molecular weight excluding hydrogens is 255 g/mol. The zero-order valence-corrected chi connectivity index (χ0v) is 12.1. The predicted octanol–water partition coefficient (Wildman–Crippen LogP) is 2.93. The van der Waals surface area contributed by atoms with E-state index in [-0.39, 0.29) is 13.2 Å². The highest BCUT2D eigenvalue weighted by Crippen LogP contribution is 2.48. The molecule has 0 saturated carbocycles. The Labute approximate surface area is 108 Å². The summed E-state index contributed by atoms with van der Waals surface area (Å²) in [4.78, 5) is 11.6. The minimum Gasteiger partial charge on any atom is -0.459 e. The van der Waals surface area contributed by atoms with Crippen molar-refractivity contribution in [2.24, 2.45) is 0 Å². The second-order valence-corrected chi connectivity index (χ2v) is 6.58. The summed E-state index contributed by atoms with van der Waals surface area (Å²) < 4.78 is 27.3. The Morgan fingerprint density at radius 3 is 1.94 bits per heavy atom. The van der Waals surface area contributed by atoms with Crippen molar-refractivity contribution in [3.63, 3.8) is 0 Å². The Morgan fingerprint density at radius 2 is 1.61 bits per heavy atom. The number of rotatable bonds is 8. The van der Waals surface area contributed by atoms with Gasteiger partial charge in [-0.25, -0.2) is 0 Å². The van der Waals surface area contributed by atoms with Crippen molar-refractivity contribution in [2.75, 3.05) is 19.4 Å². The van der Waals surface area contributed by atoms with Crippen molar-refractivity contribution in [2.45, 2.75) is 26.4 Å². The van der Waals surface area contributed by atoms with Crippen molar-refractivity contribution in [1.29, 1.82) is 0 Å². The fourth-order valence-electron chi connectivity index (χ4n) is 0.993. The molecular formula is C12H21O5P. The molecule has 0 amide bonds. The zero-order chi connectivity index (χ0) is 14.2. The summed E-state index contributed by atoms with van der Waals surface area (Å²) in [5.74, 6) is -0.626. The van der Waals surface area contributed by atoms with Crippen molar-refractivity contribution in [1.82, 2.24) is 0 Å². The SMILES string of the molecule is C=CCOP(=O)(CC(=O)OC(C)(C)C)OCC=C. The molecule has 0 N–H and O–H groups in total. The summed E-state index contributed by atoms with van der Waals surface area (Å²) >= 11 is 0. The van der Waals surface area contributed by atoms with Crippen LogP contribution in [0.25, 0.3) is 0 Å². The van der Waals surface area contributed by atoms with Gasteiger partial charge in [0.25, 0.3) is 0 Å². The molecule has 0 aliphatic carbocycles. The Hall–Kier alpha value is -0.900. The van der Waals surface area contributed by atoms with Gasteiger partial charge in [0.1, 0.15) is 11.8 Å². The molecule has 104 valence electrons. The van der Waals surface area contributed by atoms with Gasteiger partial charge in [-0.1, -0.05) is 12.2 Å². The molecule has 0 fully saturated rings. The van der Waals surface area contributed by atoms with E-state index in [1.807, 2.05) is 0 Å². The van der Waals surface area contributed by atoms with Crippen LogP contribution in [0, 0.1) is 0 Å². The van der Waals surface area contributed by atoms with Crippen molar-refractivity contribution >= 4 is 13.6 Å². The van der Waals surface area contributed by atoms with Crippen LogP contribution < -0.4 is 0 Å². The molecule has 6 heteroatoms. The molecule has 0 saturated heterocycles. The first-order chi connectivity index (χ1) is 8.22. The van der Waals surface area contributed by atoms with Crippen molar-refractivity contribution < 1.29 is 23.1 Å². The lowest BCUT2D eigenvalue weighted by atomic mass is 10.2. The molecule has 0 aromatic carbocycles. The summed E-state index contributed by atoms with van der Waals surface area (Å²) in [5.41, 5.74) is -0.640. The van der Waals surface area contributed by atoms with E-state index in [1.54, 1.807) is 20.8 Å². The topological polar surface area (TPSA) is 61.8 Å². The lowest BCUT2D eigenvalue weighted by molar-refractivity contribution is -0.151. The minimum atomic E-state index is -3.51. The molecule has 0 aromatic rings. The molecule has 0 rings (SSSR count). The van der Waals surface area contributed by atoms with Crippen LogP contribution in [0.3, 0.4) is 0 Å². The van der Waals surface area contributed by atoms with Crippen LogP contribution in [0.5, 0.6) is 0 Å². The van der Waals surface area contributed by atoms with Gasteiger partial charge >= 0.3 is 13.6 Å². The summed E-state index contributed by atoms with van der Waals surface area (Å²) in [6.07, 6.45) is 2.43. The van der Waals surface area contributed by atoms with Gasteiger partial charge in [-0.3, -0.25) is 9.36 Å². The van der Waals surface area contributed by atoms with Gasteiger partial charge in [0, 0.05) is 0 Å². The number of carbonyl (C=O) groups excluding carboxylic acids is 1. The van der Waals surface area contributed by atoms with Gasteiger partial charge in [0.05, 0.1) is 13.2 Å². The predicted molar refractivity (Wildman–Crippen MR) is 70.6 cm³/mol. The fraction of sp³-hybridized carbons (Fsp3) is 0.583. The Balaban J connectivity index is 4.57. The Bertz CT molecular complexity index is 327. The summed E-state index contributed by atoms with van der Waals surface area (Å²) in [6, 6.07) is 0. The third kappa shape index (κ3) is 8.23. The summed E-state index contributed by atoms with van der Waals surface area (Å²) in [7, 11) is -3.51. The van der Waals surface area contributed by atoms with E-state index in [9.17, 15) is 9.36 Å². The minimum absolute atomic E-state index is 0.0389. The van der Waals surface area contributed by atoms with Gasteiger partial charge in [0.2, 0.25) is 0 Å². The first-order valence-corrected chi connectivity index (χ1v) is 7.27. The van der Waals surface area contributed by atoms with Crippen molar-refractivity contribution in [3.05, 3.63) is 25.3 Å². The normalized spacial score (nSPS) is 11.9.